The van der Waals surface area contributed by atoms with E-state index in [0.29, 0.717) is 16.2 Å². The topological polar surface area (TPSA) is 0 Å². The van der Waals surface area contributed by atoms with E-state index in [9.17, 15) is 0 Å². The van der Waals surface area contributed by atoms with E-state index in [4.69, 9.17) is 0 Å². The minimum Gasteiger partial charge on any atom is -0.0851 e. The van der Waals surface area contributed by atoms with Gasteiger partial charge in [-0.3, -0.25) is 0 Å². The standard InChI is InChI=1S/C24H44/c1-18(13-16-22(3,4)5)14-17-24(8)19(2)11-12-20-21(24)10-9-15-23(20,6)7/h13,19-21H,9-12,14-17H2,1-8H3/b18-13+/t19-,20?,21+,24+/m0/s1. The summed E-state index contributed by atoms with van der Waals surface area (Å²) in [5, 5.41) is 0. The summed E-state index contributed by atoms with van der Waals surface area (Å²) < 4.78 is 0. The Morgan fingerprint density at radius 1 is 1.04 bits per heavy atom. The summed E-state index contributed by atoms with van der Waals surface area (Å²) in [5.41, 5.74) is 3.16. The van der Waals surface area contributed by atoms with Crippen LogP contribution < -0.4 is 0 Å². The van der Waals surface area contributed by atoms with Crippen LogP contribution in [-0.4, -0.2) is 0 Å². The van der Waals surface area contributed by atoms with Gasteiger partial charge in [-0.15, -0.1) is 0 Å². The molecule has 0 heterocycles. The van der Waals surface area contributed by atoms with Gasteiger partial charge in [0.05, 0.1) is 0 Å². The van der Waals surface area contributed by atoms with Gasteiger partial charge in [0, 0.05) is 0 Å². The Kier molecular flexibility index (Phi) is 5.98. The molecule has 0 spiro atoms. The Balaban J connectivity index is 2.08. The predicted molar refractivity (Wildman–Crippen MR) is 108 cm³/mol. The number of allylic oxidation sites excluding steroid dienone is 2. The highest BCUT2D eigenvalue weighted by Crippen LogP contribution is 2.60. The largest absolute Gasteiger partial charge is 0.0851 e. The first-order chi connectivity index (χ1) is 11.0. The van der Waals surface area contributed by atoms with Gasteiger partial charge in [-0.05, 0) is 85.9 Å². The monoisotopic (exact) mass is 332 g/mol. The van der Waals surface area contributed by atoms with Crippen molar-refractivity contribution < 1.29 is 0 Å². The van der Waals surface area contributed by atoms with Crippen molar-refractivity contribution >= 4 is 0 Å². The summed E-state index contributed by atoms with van der Waals surface area (Å²) in [5.74, 6) is 2.81. The van der Waals surface area contributed by atoms with E-state index >= 15 is 0 Å². The fourth-order valence-corrected chi connectivity index (χ4v) is 5.70. The van der Waals surface area contributed by atoms with Gasteiger partial charge in [0.15, 0.2) is 0 Å². The number of rotatable bonds is 4. The molecule has 0 bridgehead atoms. The van der Waals surface area contributed by atoms with Crippen LogP contribution in [-0.2, 0) is 0 Å². The fourth-order valence-electron chi connectivity index (χ4n) is 5.70. The van der Waals surface area contributed by atoms with Crippen LogP contribution in [0.5, 0.6) is 0 Å². The Labute approximate surface area is 152 Å². The van der Waals surface area contributed by atoms with Crippen LogP contribution >= 0.6 is 0 Å². The Morgan fingerprint density at radius 3 is 2.33 bits per heavy atom. The molecule has 0 amide bonds. The van der Waals surface area contributed by atoms with Crippen LogP contribution in [0.2, 0.25) is 0 Å². The van der Waals surface area contributed by atoms with Crippen molar-refractivity contribution in [1.29, 1.82) is 0 Å². The molecule has 24 heavy (non-hydrogen) atoms. The van der Waals surface area contributed by atoms with Gasteiger partial charge in [-0.25, -0.2) is 0 Å². The predicted octanol–water partition coefficient (Wildman–Crippen LogP) is 8.03. The molecule has 0 radical (unpaired) electrons. The molecular formula is C24H44. The highest BCUT2D eigenvalue weighted by atomic mass is 14.6. The summed E-state index contributed by atoms with van der Waals surface area (Å²) >= 11 is 0. The van der Waals surface area contributed by atoms with Crippen LogP contribution in [0.4, 0.5) is 0 Å². The smallest absolute Gasteiger partial charge is 0.0266 e. The molecule has 1 unspecified atom stereocenters. The first kappa shape index (κ1) is 20.1. The second-order valence-corrected chi connectivity index (χ2v) is 11.4. The second-order valence-electron chi connectivity index (χ2n) is 11.4. The average Bonchev–Trinajstić information content (AvgIpc) is 2.46. The molecule has 2 aliphatic rings. The van der Waals surface area contributed by atoms with Crippen LogP contribution in [0.3, 0.4) is 0 Å². The third kappa shape index (κ3) is 4.47. The van der Waals surface area contributed by atoms with Crippen molar-refractivity contribution in [3.8, 4) is 0 Å². The highest BCUT2D eigenvalue weighted by Gasteiger charge is 2.51. The molecule has 2 fully saturated rings. The zero-order chi connectivity index (χ0) is 18.2. The lowest BCUT2D eigenvalue weighted by Gasteiger charge is -2.57. The maximum atomic E-state index is 2.65. The van der Waals surface area contributed by atoms with E-state index in [1.807, 2.05) is 0 Å². The maximum Gasteiger partial charge on any atom is -0.0266 e. The van der Waals surface area contributed by atoms with Crippen molar-refractivity contribution in [3.63, 3.8) is 0 Å². The normalized spacial score (nSPS) is 37.2. The van der Waals surface area contributed by atoms with Crippen LogP contribution in [0.15, 0.2) is 11.6 Å². The van der Waals surface area contributed by atoms with Crippen LogP contribution in [0, 0.1) is 34.0 Å². The summed E-state index contributed by atoms with van der Waals surface area (Å²) in [6, 6.07) is 0. The van der Waals surface area contributed by atoms with Crippen molar-refractivity contribution in [3.05, 3.63) is 11.6 Å². The third-order valence-corrected chi connectivity index (χ3v) is 7.83. The lowest BCUT2D eigenvalue weighted by atomic mass is 9.47. The maximum absolute atomic E-state index is 2.65. The molecule has 2 aliphatic carbocycles. The molecule has 0 aromatic rings. The SMILES string of the molecule is C/C(=C\CC(C)(C)C)CC[C@@]1(C)[C@@H]2CCCC(C)(C)C2CC[C@@H]1C. The molecule has 2 saturated carbocycles. The molecule has 0 heteroatoms. The van der Waals surface area contributed by atoms with Crippen molar-refractivity contribution in [2.75, 3.05) is 0 Å². The lowest BCUT2D eigenvalue weighted by Crippen LogP contribution is -2.49. The van der Waals surface area contributed by atoms with E-state index < -0.39 is 0 Å². The van der Waals surface area contributed by atoms with Gasteiger partial charge in [0.2, 0.25) is 0 Å². The molecule has 0 saturated heterocycles. The van der Waals surface area contributed by atoms with E-state index in [0.717, 1.165) is 17.8 Å². The average molecular weight is 333 g/mol. The summed E-state index contributed by atoms with van der Waals surface area (Å²) in [6.45, 7) is 19.7. The van der Waals surface area contributed by atoms with Gasteiger partial charge in [-0.2, -0.15) is 0 Å². The van der Waals surface area contributed by atoms with Gasteiger partial charge in [0.1, 0.15) is 0 Å². The van der Waals surface area contributed by atoms with E-state index in [2.05, 4.69) is 61.5 Å². The molecule has 140 valence electrons. The van der Waals surface area contributed by atoms with Crippen molar-refractivity contribution in [2.24, 2.45) is 34.0 Å². The molecule has 2 rings (SSSR count). The first-order valence-electron chi connectivity index (χ1n) is 10.6. The minimum absolute atomic E-state index is 0.418. The van der Waals surface area contributed by atoms with Crippen molar-refractivity contribution in [1.82, 2.24) is 0 Å². The Morgan fingerprint density at radius 2 is 1.71 bits per heavy atom. The quantitative estimate of drug-likeness (QED) is 0.457. The fraction of sp³-hybridized carbons (Fsp3) is 0.917. The van der Waals surface area contributed by atoms with Crippen LogP contribution in [0.25, 0.3) is 0 Å². The molecule has 0 aliphatic heterocycles. The van der Waals surface area contributed by atoms with Gasteiger partial charge in [-0.1, -0.05) is 66.5 Å². The second kappa shape index (κ2) is 7.16. The Bertz CT molecular complexity index is 447. The van der Waals surface area contributed by atoms with Crippen LogP contribution in [0.1, 0.15) is 107 Å². The molecule has 4 atom stereocenters. The Hall–Kier alpha value is -0.260. The van der Waals surface area contributed by atoms with E-state index in [1.165, 1.54) is 51.4 Å². The number of hydrogen-bond acceptors (Lipinski definition) is 0. The number of fused-ring (bicyclic) bond motifs is 1. The first-order valence-corrected chi connectivity index (χ1v) is 10.6. The molecule has 0 nitrogen and oxygen atoms in total. The van der Waals surface area contributed by atoms with Gasteiger partial charge < -0.3 is 0 Å². The zero-order valence-electron chi connectivity index (χ0n) is 18.0. The summed E-state index contributed by atoms with van der Waals surface area (Å²) in [6.07, 6.45) is 13.7. The molecule has 0 aromatic heterocycles. The molecule has 0 N–H and O–H groups in total. The van der Waals surface area contributed by atoms with E-state index in [1.54, 1.807) is 5.57 Å². The molecule has 0 aromatic carbocycles. The van der Waals surface area contributed by atoms with Gasteiger partial charge in [0.25, 0.3) is 0 Å². The van der Waals surface area contributed by atoms with Crippen molar-refractivity contribution in [2.45, 2.75) is 107 Å². The third-order valence-electron chi connectivity index (χ3n) is 7.83. The summed E-state index contributed by atoms with van der Waals surface area (Å²) in [4.78, 5) is 0. The zero-order valence-corrected chi connectivity index (χ0v) is 18.0. The number of hydrogen-bond donors (Lipinski definition) is 0. The highest BCUT2D eigenvalue weighted by molar-refractivity contribution is 5.05. The molecular weight excluding hydrogens is 288 g/mol. The van der Waals surface area contributed by atoms with E-state index in [-0.39, 0.29) is 0 Å². The summed E-state index contributed by atoms with van der Waals surface area (Å²) in [7, 11) is 0. The van der Waals surface area contributed by atoms with Gasteiger partial charge >= 0.3 is 0 Å². The lowest BCUT2D eigenvalue weighted by molar-refractivity contribution is -0.0785. The minimum atomic E-state index is 0.418.